The quantitative estimate of drug-likeness (QED) is 0.828. The highest BCUT2D eigenvalue weighted by molar-refractivity contribution is 5.76. The lowest BCUT2D eigenvalue weighted by atomic mass is 9.89. The molecule has 2 unspecified atom stereocenters. The normalized spacial score (nSPS) is 25.3. The summed E-state index contributed by atoms with van der Waals surface area (Å²) in [4.78, 5) is 28.5. The molecule has 0 saturated carbocycles. The molecular formula is C20H36N2O4. The van der Waals surface area contributed by atoms with Gasteiger partial charge in [0, 0.05) is 38.5 Å². The van der Waals surface area contributed by atoms with Crippen LogP contribution in [0.25, 0.3) is 0 Å². The molecule has 150 valence electrons. The van der Waals surface area contributed by atoms with E-state index in [1.54, 1.807) is 4.90 Å². The van der Waals surface area contributed by atoms with E-state index < -0.39 is 5.60 Å². The fourth-order valence-corrected chi connectivity index (χ4v) is 3.92. The second-order valence-corrected chi connectivity index (χ2v) is 8.86. The maximum atomic E-state index is 12.7. The van der Waals surface area contributed by atoms with Crippen molar-refractivity contribution < 1.29 is 19.4 Å². The summed E-state index contributed by atoms with van der Waals surface area (Å²) in [5.41, 5.74) is -0.474. The standard InChI is InChI=1S/C20H36N2O4/c1-5-6-16-14-22(12-9-17(16)23)18(24)13-15-7-10-21(11-8-15)19(25)26-20(2,3)4/h15-17,23H,5-14H2,1-4H3. The molecule has 1 N–H and O–H groups in total. The first-order valence-electron chi connectivity index (χ1n) is 10.1. The third kappa shape index (κ3) is 6.15. The van der Waals surface area contributed by atoms with Gasteiger partial charge in [-0.05, 0) is 52.4 Å². The van der Waals surface area contributed by atoms with E-state index in [4.69, 9.17) is 4.74 Å². The van der Waals surface area contributed by atoms with Crippen molar-refractivity contribution in [3.63, 3.8) is 0 Å². The molecule has 2 aliphatic rings. The van der Waals surface area contributed by atoms with Gasteiger partial charge in [-0.3, -0.25) is 4.79 Å². The summed E-state index contributed by atoms with van der Waals surface area (Å²) >= 11 is 0. The number of aliphatic hydroxyl groups excluding tert-OH is 1. The summed E-state index contributed by atoms with van der Waals surface area (Å²) in [5.74, 6) is 0.748. The van der Waals surface area contributed by atoms with Crippen molar-refractivity contribution in [2.75, 3.05) is 26.2 Å². The Morgan fingerprint density at radius 1 is 1.08 bits per heavy atom. The zero-order valence-electron chi connectivity index (χ0n) is 16.9. The lowest BCUT2D eigenvalue weighted by Crippen LogP contribution is -2.47. The Kier molecular flexibility index (Phi) is 7.33. The Bertz CT molecular complexity index is 481. The Hall–Kier alpha value is -1.30. The highest BCUT2D eigenvalue weighted by Crippen LogP contribution is 2.26. The number of ether oxygens (including phenoxy) is 1. The lowest BCUT2D eigenvalue weighted by molar-refractivity contribution is -0.136. The molecule has 2 atom stereocenters. The molecule has 0 aromatic rings. The minimum Gasteiger partial charge on any atom is -0.444 e. The highest BCUT2D eigenvalue weighted by Gasteiger charge is 2.32. The van der Waals surface area contributed by atoms with Gasteiger partial charge >= 0.3 is 6.09 Å². The van der Waals surface area contributed by atoms with Gasteiger partial charge in [0.05, 0.1) is 6.10 Å². The van der Waals surface area contributed by atoms with Crippen LogP contribution in [0.5, 0.6) is 0 Å². The zero-order chi connectivity index (χ0) is 19.3. The monoisotopic (exact) mass is 368 g/mol. The van der Waals surface area contributed by atoms with Gasteiger partial charge in [0.25, 0.3) is 0 Å². The molecule has 2 rings (SSSR count). The van der Waals surface area contributed by atoms with Crippen LogP contribution in [0.15, 0.2) is 0 Å². The molecule has 0 radical (unpaired) electrons. The summed E-state index contributed by atoms with van der Waals surface area (Å²) < 4.78 is 5.42. The highest BCUT2D eigenvalue weighted by atomic mass is 16.6. The van der Waals surface area contributed by atoms with Crippen LogP contribution >= 0.6 is 0 Å². The molecule has 6 nitrogen and oxygen atoms in total. The van der Waals surface area contributed by atoms with Crippen LogP contribution in [-0.4, -0.2) is 64.8 Å². The summed E-state index contributed by atoms with van der Waals surface area (Å²) in [6.07, 6.45) is 4.42. The molecule has 2 heterocycles. The Labute approximate surface area is 157 Å². The van der Waals surface area contributed by atoms with Gasteiger partial charge in [0.15, 0.2) is 0 Å². The number of hydrogen-bond acceptors (Lipinski definition) is 4. The van der Waals surface area contributed by atoms with E-state index in [1.807, 2.05) is 25.7 Å². The summed E-state index contributed by atoms with van der Waals surface area (Å²) in [7, 11) is 0. The van der Waals surface area contributed by atoms with E-state index >= 15 is 0 Å². The average molecular weight is 369 g/mol. The van der Waals surface area contributed by atoms with Crippen LogP contribution in [0.3, 0.4) is 0 Å². The molecule has 2 fully saturated rings. The minimum atomic E-state index is -0.474. The number of piperidine rings is 2. The SMILES string of the molecule is CCCC1CN(C(=O)CC2CCN(C(=O)OC(C)(C)C)CC2)CCC1O. The maximum Gasteiger partial charge on any atom is 0.410 e. The van der Waals surface area contributed by atoms with Crippen molar-refractivity contribution in [2.45, 2.75) is 77.9 Å². The number of carbonyl (C=O) groups is 2. The van der Waals surface area contributed by atoms with Gasteiger partial charge in [0.2, 0.25) is 5.91 Å². The second kappa shape index (κ2) is 9.07. The minimum absolute atomic E-state index is 0.203. The predicted octanol–water partition coefficient (Wildman–Crippen LogP) is 3.03. The molecule has 0 aromatic carbocycles. The van der Waals surface area contributed by atoms with Gasteiger partial charge in [-0.15, -0.1) is 0 Å². The number of amides is 2. The fraction of sp³-hybridized carbons (Fsp3) is 0.900. The van der Waals surface area contributed by atoms with E-state index in [1.165, 1.54) is 0 Å². The van der Waals surface area contributed by atoms with Crippen molar-refractivity contribution in [2.24, 2.45) is 11.8 Å². The van der Waals surface area contributed by atoms with Crippen LogP contribution in [0.2, 0.25) is 0 Å². The van der Waals surface area contributed by atoms with Crippen molar-refractivity contribution >= 4 is 12.0 Å². The summed E-state index contributed by atoms with van der Waals surface area (Å²) in [5, 5.41) is 10.1. The fourth-order valence-electron chi connectivity index (χ4n) is 3.92. The van der Waals surface area contributed by atoms with Gasteiger partial charge in [-0.25, -0.2) is 4.79 Å². The number of aliphatic hydroxyl groups is 1. The van der Waals surface area contributed by atoms with Crippen molar-refractivity contribution in [1.82, 2.24) is 9.80 Å². The molecule has 26 heavy (non-hydrogen) atoms. The summed E-state index contributed by atoms with van der Waals surface area (Å²) in [6, 6.07) is 0. The van der Waals surface area contributed by atoms with Crippen LogP contribution in [-0.2, 0) is 9.53 Å². The largest absolute Gasteiger partial charge is 0.444 e. The first kappa shape index (κ1) is 21.0. The predicted molar refractivity (Wildman–Crippen MR) is 101 cm³/mol. The van der Waals surface area contributed by atoms with E-state index in [0.29, 0.717) is 44.9 Å². The zero-order valence-corrected chi connectivity index (χ0v) is 16.9. The van der Waals surface area contributed by atoms with Crippen LogP contribution in [0.4, 0.5) is 4.79 Å². The van der Waals surface area contributed by atoms with Crippen LogP contribution < -0.4 is 0 Å². The van der Waals surface area contributed by atoms with E-state index in [9.17, 15) is 14.7 Å². The molecule has 0 bridgehead atoms. The topological polar surface area (TPSA) is 70.1 Å². The Morgan fingerprint density at radius 2 is 1.69 bits per heavy atom. The van der Waals surface area contributed by atoms with Gasteiger partial charge in [-0.2, -0.15) is 0 Å². The van der Waals surface area contributed by atoms with E-state index in [0.717, 1.165) is 25.7 Å². The number of hydrogen-bond donors (Lipinski definition) is 1. The number of carbonyl (C=O) groups excluding carboxylic acids is 2. The molecular weight excluding hydrogens is 332 g/mol. The molecule has 0 spiro atoms. The van der Waals surface area contributed by atoms with Crippen LogP contribution in [0.1, 0.15) is 66.2 Å². The van der Waals surface area contributed by atoms with Gasteiger partial charge in [-0.1, -0.05) is 13.3 Å². The van der Waals surface area contributed by atoms with Gasteiger partial charge < -0.3 is 19.6 Å². The number of likely N-dealkylation sites (tertiary alicyclic amines) is 2. The third-order valence-electron chi connectivity index (χ3n) is 5.44. The second-order valence-electron chi connectivity index (χ2n) is 8.86. The molecule has 2 aliphatic heterocycles. The Morgan fingerprint density at radius 3 is 2.27 bits per heavy atom. The van der Waals surface area contributed by atoms with Crippen molar-refractivity contribution in [3.05, 3.63) is 0 Å². The van der Waals surface area contributed by atoms with Gasteiger partial charge in [0.1, 0.15) is 5.60 Å². The average Bonchev–Trinajstić information content (AvgIpc) is 2.56. The third-order valence-corrected chi connectivity index (χ3v) is 5.44. The molecule has 2 amide bonds. The van der Waals surface area contributed by atoms with E-state index in [-0.39, 0.29) is 24.0 Å². The van der Waals surface area contributed by atoms with Crippen molar-refractivity contribution in [1.29, 1.82) is 0 Å². The van der Waals surface area contributed by atoms with E-state index in [2.05, 4.69) is 6.92 Å². The molecule has 0 aliphatic carbocycles. The smallest absolute Gasteiger partial charge is 0.410 e. The summed E-state index contributed by atoms with van der Waals surface area (Å²) in [6.45, 7) is 10.4. The molecule has 0 aromatic heterocycles. The maximum absolute atomic E-state index is 12.7. The first-order valence-corrected chi connectivity index (χ1v) is 10.1. The first-order chi connectivity index (χ1) is 12.2. The molecule has 6 heteroatoms. The lowest BCUT2D eigenvalue weighted by Gasteiger charge is -2.38. The Balaban J connectivity index is 1.76. The number of rotatable bonds is 4. The van der Waals surface area contributed by atoms with Crippen LogP contribution in [0, 0.1) is 11.8 Å². The molecule has 2 saturated heterocycles. The number of nitrogens with zero attached hydrogens (tertiary/aromatic N) is 2. The van der Waals surface area contributed by atoms with Crippen molar-refractivity contribution in [3.8, 4) is 0 Å².